The van der Waals surface area contributed by atoms with Crippen LogP contribution in [0.1, 0.15) is 131 Å². The van der Waals surface area contributed by atoms with Crippen LogP contribution in [0.3, 0.4) is 0 Å². The van der Waals surface area contributed by atoms with Gasteiger partial charge in [0, 0.05) is 6.42 Å². The predicted octanol–water partition coefficient (Wildman–Crippen LogP) is 10.6. The fourth-order valence-electron chi connectivity index (χ4n) is 9.42. The van der Waals surface area contributed by atoms with Crippen molar-refractivity contribution < 1.29 is 9.53 Å². The highest BCUT2D eigenvalue weighted by molar-refractivity contribution is 5.69. The first-order valence-corrected chi connectivity index (χ1v) is 16.3. The zero-order valence-corrected chi connectivity index (χ0v) is 25.9. The average Bonchev–Trinajstić information content (AvgIpc) is 3.30. The van der Waals surface area contributed by atoms with Crippen molar-refractivity contribution in [1.82, 2.24) is 0 Å². The molecular weight excluding hydrogens is 464 g/mol. The summed E-state index contributed by atoms with van der Waals surface area (Å²) in [5.74, 6) is 4.32. The second kappa shape index (κ2) is 14.2. The Morgan fingerprint density at radius 1 is 0.921 bits per heavy atom. The second-order valence-electron chi connectivity index (χ2n) is 12.6. The van der Waals surface area contributed by atoms with Gasteiger partial charge in [-0.25, -0.2) is 0 Å². The van der Waals surface area contributed by atoms with Crippen molar-refractivity contribution >= 4 is 5.97 Å². The van der Waals surface area contributed by atoms with E-state index in [0.717, 1.165) is 41.6 Å². The lowest BCUT2D eigenvalue weighted by Crippen LogP contribution is -2.53. The molecular formula is C36H58O2. The number of carbonyl (C=O) groups is 1. The van der Waals surface area contributed by atoms with E-state index in [4.69, 9.17) is 4.74 Å². The molecule has 214 valence electrons. The number of fused-ring (bicyclic) bond motifs is 5. The first kappa shape index (κ1) is 31.0. The Hall–Kier alpha value is -1.57. The minimum atomic E-state index is -0.0338. The fourth-order valence-corrected chi connectivity index (χ4v) is 9.42. The van der Waals surface area contributed by atoms with E-state index in [1.54, 1.807) is 5.57 Å². The van der Waals surface area contributed by atoms with E-state index in [2.05, 4.69) is 26.8 Å². The SMILES string of the molecule is C/C=C1/C[C@H]2C3CCC(CCCC(=O)OCc4ccccc4)[C@@]3(C)CCC2[C@@]2(C)CCCC[C@@H]12.CC.CC. The van der Waals surface area contributed by atoms with Gasteiger partial charge in [0.15, 0.2) is 0 Å². The van der Waals surface area contributed by atoms with Gasteiger partial charge in [0.1, 0.15) is 6.61 Å². The summed E-state index contributed by atoms with van der Waals surface area (Å²) in [6, 6.07) is 10.0. The Balaban J connectivity index is 0.000000956. The third kappa shape index (κ3) is 6.26. The molecule has 2 heteroatoms. The highest BCUT2D eigenvalue weighted by Crippen LogP contribution is 2.68. The lowest BCUT2D eigenvalue weighted by Gasteiger charge is -2.61. The van der Waals surface area contributed by atoms with Crippen LogP contribution in [0.15, 0.2) is 42.0 Å². The monoisotopic (exact) mass is 522 g/mol. The number of hydrogen-bond donors (Lipinski definition) is 0. The van der Waals surface area contributed by atoms with Crippen LogP contribution in [0, 0.1) is 40.4 Å². The summed E-state index contributed by atoms with van der Waals surface area (Å²) in [6.45, 7) is 16.0. The van der Waals surface area contributed by atoms with Gasteiger partial charge in [0.2, 0.25) is 0 Å². The smallest absolute Gasteiger partial charge is 0.306 e. The largest absolute Gasteiger partial charge is 0.461 e. The minimum absolute atomic E-state index is 0.0338. The van der Waals surface area contributed by atoms with Crippen molar-refractivity contribution in [2.45, 2.75) is 132 Å². The van der Waals surface area contributed by atoms with Crippen molar-refractivity contribution in [2.24, 2.45) is 40.4 Å². The number of allylic oxidation sites excluding steroid dienone is 2. The minimum Gasteiger partial charge on any atom is -0.461 e. The first-order chi connectivity index (χ1) is 18.5. The summed E-state index contributed by atoms with van der Waals surface area (Å²) >= 11 is 0. The number of rotatable bonds is 6. The Morgan fingerprint density at radius 2 is 1.63 bits per heavy atom. The van der Waals surface area contributed by atoms with Crippen molar-refractivity contribution in [3.63, 3.8) is 0 Å². The van der Waals surface area contributed by atoms with Crippen LogP contribution in [-0.4, -0.2) is 5.97 Å². The highest BCUT2D eigenvalue weighted by atomic mass is 16.5. The zero-order valence-electron chi connectivity index (χ0n) is 25.9. The number of hydrogen-bond acceptors (Lipinski definition) is 2. The van der Waals surface area contributed by atoms with Crippen LogP contribution in [0.2, 0.25) is 0 Å². The lowest BCUT2D eigenvalue weighted by molar-refractivity contribution is -0.145. The number of carbonyl (C=O) groups excluding carboxylic acids is 1. The molecule has 2 nitrogen and oxygen atoms in total. The molecule has 0 saturated heterocycles. The molecule has 0 radical (unpaired) electrons. The zero-order chi connectivity index (χ0) is 27.8. The maximum absolute atomic E-state index is 12.4. The molecule has 3 unspecified atom stereocenters. The molecule has 4 saturated carbocycles. The normalized spacial score (nSPS) is 36.4. The molecule has 0 amide bonds. The van der Waals surface area contributed by atoms with Gasteiger partial charge in [-0.3, -0.25) is 4.79 Å². The summed E-state index contributed by atoms with van der Waals surface area (Å²) in [7, 11) is 0. The summed E-state index contributed by atoms with van der Waals surface area (Å²) in [4.78, 5) is 12.4. The Labute approximate surface area is 235 Å². The maximum Gasteiger partial charge on any atom is 0.306 e. The van der Waals surface area contributed by atoms with Crippen molar-refractivity contribution in [2.75, 3.05) is 0 Å². The Kier molecular flexibility index (Phi) is 11.6. The van der Waals surface area contributed by atoms with E-state index in [9.17, 15) is 4.79 Å². The van der Waals surface area contributed by atoms with Gasteiger partial charge < -0.3 is 4.74 Å². The second-order valence-corrected chi connectivity index (χ2v) is 12.6. The molecule has 1 aromatic rings. The van der Waals surface area contributed by atoms with Gasteiger partial charge in [-0.2, -0.15) is 0 Å². The highest BCUT2D eigenvalue weighted by Gasteiger charge is 2.60. The van der Waals surface area contributed by atoms with Gasteiger partial charge in [-0.05, 0) is 111 Å². The van der Waals surface area contributed by atoms with E-state index in [0.29, 0.717) is 23.9 Å². The number of esters is 1. The molecule has 38 heavy (non-hydrogen) atoms. The quantitative estimate of drug-likeness (QED) is 0.274. The molecule has 4 aliphatic rings. The Morgan fingerprint density at radius 3 is 2.34 bits per heavy atom. The van der Waals surface area contributed by atoms with Crippen molar-refractivity contribution in [1.29, 1.82) is 0 Å². The van der Waals surface area contributed by atoms with Crippen molar-refractivity contribution in [3.8, 4) is 0 Å². The third-order valence-electron chi connectivity index (χ3n) is 11.2. The van der Waals surface area contributed by atoms with Gasteiger partial charge in [-0.15, -0.1) is 0 Å². The van der Waals surface area contributed by atoms with E-state index in [1.165, 1.54) is 64.2 Å². The van der Waals surface area contributed by atoms with Crippen LogP contribution >= 0.6 is 0 Å². The predicted molar refractivity (Wildman–Crippen MR) is 162 cm³/mol. The molecule has 4 aliphatic carbocycles. The van der Waals surface area contributed by atoms with E-state index in [1.807, 2.05) is 58.0 Å². The molecule has 0 N–H and O–H groups in total. The van der Waals surface area contributed by atoms with E-state index < -0.39 is 0 Å². The number of benzene rings is 1. The molecule has 0 spiro atoms. The average molecular weight is 523 g/mol. The van der Waals surface area contributed by atoms with E-state index >= 15 is 0 Å². The molecule has 5 rings (SSSR count). The molecule has 1 aromatic carbocycles. The standard InChI is InChI=1S/C32H46O2.2C2H6/c1-4-24-21-26-28-17-16-25(13-10-15-30(33)34-22-23-11-6-5-7-12-23)31(28,2)20-18-29(26)32(3)19-9-8-14-27(24)32;2*1-2/h4-7,11-12,25-29H,8-10,13-22H2,1-3H3;2*1-2H3/b24-4-;;/t25?,26-,27-,28?,29?,31+,32-;;/m0../s1. The van der Waals surface area contributed by atoms with Gasteiger partial charge in [0.25, 0.3) is 0 Å². The van der Waals surface area contributed by atoms with E-state index in [-0.39, 0.29) is 5.97 Å². The van der Waals surface area contributed by atoms with Crippen molar-refractivity contribution in [3.05, 3.63) is 47.5 Å². The molecule has 7 atom stereocenters. The fraction of sp³-hybridized carbons (Fsp3) is 0.750. The summed E-state index contributed by atoms with van der Waals surface area (Å²) in [6.07, 6.45) is 18.0. The maximum atomic E-state index is 12.4. The van der Waals surface area contributed by atoms with Gasteiger partial charge in [-0.1, -0.05) is 96.4 Å². The van der Waals surface area contributed by atoms with Gasteiger partial charge in [0.05, 0.1) is 0 Å². The van der Waals surface area contributed by atoms with Crippen LogP contribution in [0.5, 0.6) is 0 Å². The van der Waals surface area contributed by atoms with Crippen LogP contribution in [0.25, 0.3) is 0 Å². The van der Waals surface area contributed by atoms with Crippen LogP contribution < -0.4 is 0 Å². The molecule has 4 fully saturated rings. The molecule has 0 heterocycles. The summed E-state index contributed by atoms with van der Waals surface area (Å²) in [5, 5.41) is 0. The molecule has 0 aromatic heterocycles. The summed E-state index contributed by atoms with van der Waals surface area (Å²) < 4.78 is 5.54. The first-order valence-electron chi connectivity index (χ1n) is 16.3. The lowest BCUT2D eigenvalue weighted by atomic mass is 9.44. The van der Waals surface area contributed by atoms with Crippen LogP contribution in [0.4, 0.5) is 0 Å². The summed E-state index contributed by atoms with van der Waals surface area (Å²) in [5.41, 5.74) is 3.90. The molecule has 0 bridgehead atoms. The van der Waals surface area contributed by atoms with Crippen LogP contribution in [-0.2, 0) is 16.1 Å². The molecule has 0 aliphatic heterocycles. The van der Waals surface area contributed by atoms with Gasteiger partial charge >= 0.3 is 5.97 Å². The number of ether oxygens (including phenoxy) is 1. The third-order valence-corrected chi connectivity index (χ3v) is 11.2. The Bertz CT molecular complexity index is 888. The topological polar surface area (TPSA) is 26.3 Å².